The van der Waals surface area contributed by atoms with Gasteiger partial charge in [0.05, 0.1) is 12.9 Å². The first-order valence-electron chi connectivity index (χ1n) is 9.13. The topological polar surface area (TPSA) is 79.1 Å². The fraction of sp³-hybridized carbons (Fsp3) is 0.0909. The molecule has 0 unspecified atom stereocenters. The number of ether oxygens (including phenoxy) is 2. The quantitative estimate of drug-likeness (QED) is 0.255. The van der Waals surface area contributed by atoms with E-state index < -0.39 is 0 Å². The summed E-state index contributed by atoms with van der Waals surface area (Å²) in [6.45, 7) is 0. The number of aromatic nitrogens is 4. The molecule has 0 aliphatic heterocycles. The lowest BCUT2D eigenvalue weighted by molar-refractivity contribution is -0.131. The zero-order chi connectivity index (χ0) is 20.8. The summed E-state index contributed by atoms with van der Waals surface area (Å²) in [5.41, 5.74) is 1.73. The molecule has 2 heterocycles. The van der Waals surface area contributed by atoms with Gasteiger partial charge in [0.1, 0.15) is 11.5 Å². The van der Waals surface area contributed by atoms with Crippen LogP contribution in [0.15, 0.2) is 84.3 Å². The Labute approximate surface area is 177 Å². The van der Waals surface area contributed by atoms with E-state index in [1.807, 2.05) is 47.0 Å². The van der Waals surface area contributed by atoms with Crippen molar-refractivity contribution in [3.8, 4) is 28.6 Å². The number of pyridine rings is 1. The van der Waals surface area contributed by atoms with E-state index in [0.717, 1.165) is 11.3 Å². The van der Waals surface area contributed by atoms with E-state index in [2.05, 4.69) is 15.2 Å². The van der Waals surface area contributed by atoms with Crippen LogP contribution in [0.1, 0.15) is 0 Å². The van der Waals surface area contributed by atoms with Crippen LogP contribution in [0, 0.1) is 0 Å². The summed E-state index contributed by atoms with van der Waals surface area (Å²) in [5.74, 6) is 1.52. The first kappa shape index (κ1) is 19.7. The van der Waals surface area contributed by atoms with E-state index in [4.69, 9.17) is 9.47 Å². The lowest BCUT2D eigenvalue weighted by Gasteiger charge is -2.10. The van der Waals surface area contributed by atoms with Gasteiger partial charge in [-0.15, -0.1) is 10.2 Å². The fourth-order valence-electron chi connectivity index (χ4n) is 2.78. The monoisotopic (exact) mass is 418 g/mol. The highest BCUT2D eigenvalue weighted by Crippen LogP contribution is 2.27. The SMILES string of the molecule is COc1ccc(OC(=O)CSc2nnc(-c3cccnc3)n2-c2ccccc2)cc1. The summed E-state index contributed by atoms with van der Waals surface area (Å²) in [5, 5.41) is 9.21. The van der Waals surface area contributed by atoms with Crippen LogP contribution in [0.25, 0.3) is 17.1 Å². The molecule has 0 N–H and O–H groups in total. The maximum Gasteiger partial charge on any atom is 0.321 e. The highest BCUT2D eigenvalue weighted by atomic mass is 32.2. The van der Waals surface area contributed by atoms with Crippen LogP contribution in [0.4, 0.5) is 0 Å². The molecule has 0 aliphatic rings. The summed E-state index contributed by atoms with van der Waals surface area (Å²) in [4.78, 5) is 16.5. The van der Waals surface area contributed by atoms with Gasteiger partial charge in [-0.3, -0.25) is 14.3 Å². The largest absolute Gasteiger partial charge is 0.497 e. The molecule has 4 aromatic rings. The molecule has 0 atom stereocenters. The minimum absolute atomic E-state index is 0.0873. The van der Waals surface area contributed by atoms with Crippen molar-refractivity contribution in [1.29, 1.82) is 0 Å². The molecular formula is C22H18N4O3S. The summed E-state index contributed by atoms with van der Waals surface area (Å²) in [6, 6.07) is 20.4. The van der Waals surface area contributed by atoms with Gasteiger partial charge in [0.15, 0.2) is 11.0 Å². The van der Waals surface area contributed by atoms with Crippen LogP contribution in [0.3, 0.4) is 0 Å². The number of para-hydroxylation sites is 1. The number of esters is 1. The highest BCUT2D eigenvalue weighted by molar-refractivity contribution is 7.99. The van der Waals surface area contributed by atoms with Gasteiger partial charge in [-0.25, -0.2) is 0 Å². The number of carbonyl (C=O) groups is 1. The van der Waals surface area contributed by atoms with E-state index >= 15 is 0 Å². The Hall–Kier alpha value is -3.65. The van der Waals surface area contributed by atoms with Crippen LogP contribution < -0.4 is 9.47 Å². The smallest absolute Gasteiger partial charge is 0.321 e. The van der Waals surface area contributed by atoms with Crippen LogP contribution in [0.2, 0.25) is 0 Å². The Morgan fingerprint density at radius 1 is 0.967 bits per heavy atom. The predicted molar refractivity (Wildman–Crippen MR) is 114 cm³/mol. The van der Waals surface area contributed by atoms with Crippen LogP contribution in [-0.4, -0.2) is 38.6 Å². The zero-order valence-electron chi connectivity index (χ0n) is 16.1. The van der Waals surface area contributed by atoms with E-state index in [9.17, 15) is 4.79 Å². The average molecular weight is 418 g/mol. The Morgan fingerprint density at radius 3 is 2.43 bits per heavy atom. The highest BCUT2D eigenvalue weighted by Gasteiger charge is 2.18. The number of hydrogen-bond donors (Lipinski definition) is 0. The molecule has 4 rings (SSSR count). The molecule has 0 aliphatic carbocycles. The zero-order valence-corrected chi connectivity index (χ0v) is 17.0. The molecule has 2 aromatic heterocycles. The minimum Gasteiger partial charge on any atom is -0.497 e. The maximum absolute atomic E-state index is 12.3. The Kier molecular flexibility index (Phi) is 6.05. The Bertz CT molecular complexity index is 1120. The number of thioether (sulfide) groups is 1. The van der Waals surface area contributed by atoms with Gasteiger partial charge in [0.25, 0.3) is 0 Å². The standard InChI is InChI=1S/C22H18N4O3S/c1-28-18-9-11-19(12-10-18)29-20(27)15-30-22-25-24-21(16-6-5-13-23-14-16)26(22)17-7-3-2-4-8-17/h2-14H,15H2,1H3. The number of benzene rings is 2. The summed E-state index contributed by atoms with van der Waals surface area (Å²) >= 11 is 1.26. The van der Waals surface area contributed by atoms with Crippen molar-refractivity contribution in [1.82, 2.24) is 19.7 Å². The molecule has 0 saturated heterocycles. The summed E-state index contributed by atoms with van der Waals surface area (Å²) in [7, 11) is 1.58. The molecule has 0 radical (unpaired) electrons. The van der Waals surface area contributed by atoms with E-state index in [-0.39, 0.29) is 11.7 Å². The maximum atomic E-state index is 12.3. The van der Waals surface area contributed by atoms with E-state index in [1.54, 1.807) is 43.8 Å². The molecule has 7 nitrogen and oxygen atoms in total. The lowest BCUT2D eigenvalue weighted by atomic mass is 10.2. The second-order valence-electron chi connectivity index (χ2n) is 6.16. The molecular weight excluding hydrogens is 400 g/mol. The van der Waals surface area contributed by atoms with Gasteiger partial charge in [-0.05, 0) is 48.5 Å². The Balaban J connectivity index is 1.54. The van der Waals surface area contributed by atoms with E-state index in [1.165, 1.54) is 11.8 Å². The van der Waals surface area contributed by atoms with Gasteiger partial charge in [0.2, 0.25) is 0 Å². The van der Waals surface area contributed by atoms with Crippen molar-refractivity contribution in [2.75, 3.05) is 12.9 Å². The molecule has 0 saturated carbocycles. The van der Waals surface area contributed by atoms with Gasteiger partial charge < -0.3 is 9.47 Å². The molecule has 0 spiro atoms. The van der Waals surface area contributed by atoms with Gasteiger partial charge >= 0.3 is 5.97 Å². The molecule has 8 heteroatoms. The third kappa shape index (κ3) is 4.49. The number of rotatable bonds is 7. The second-order valence-corrected chi connectivity index (χ2v) is 7.10. The second kappa shape index (κ2) is 9.23. The van der Waals surface area contributed by atoms with Crippen molar-refractivity contribution in [3.63, 3.8) is 0 Å². The van der Waals surface area contributed by atoms with Crippen molar-refractivity contribution < 1.29 is 14.3 Å². The number of nitrogens with zero attached hydrogens (tertiary/aromatic N) is 4. The molecule has 0 amide bonds. The molecule has 0 fully saturated rings. The van der Waals surface area contributed by atoms with Gasteiger partial charge in [-0.1, -0.05) is 30.0 Å². The third-order valence-electron chi connectivity index (χ3n) is 4.18. The van der Waals surface area contributed by atoms with Crippen molar-refractivity contribution in [2.45, 2.75) is 5.16 Å². The first-order chi connectivity index (χ1) is 14.7. The van der Waals surface area contributed by atoms with Gasteiger partial charge in [-0.2, -0.15) is 0 Å². The molecule has 2 aromatic carbocycles. The van der Waals surface area contributed by atoms with Crippen molar-refractivity contribution >= 4 is 17.7 Å². The third-order valence-corrected chi connectivity index (χ3v) is 5.08. The normalized spacial score (nSPS) is 10.6. The fourth-order valence-corrected chi connectivity index (χ4v) is 3.51. The summed E-state index contributed by atoms with van der Waals surface area (Å²) < 4.78 is 12.4. The van der Waals surface area contributed by atoms with Crippen molar-refractivity contribution in [2.24, 2.45) is 0 Å². The van der Waals surface area contributed by atoms with E-state index in [0.29, 0.717) is 22.5 Å². The van der Waals surface area contributed by atoms with Gasteiger partial charge in [0, 0.05) is 23.6 Å². The molecule has 0 bridgehead atoms. The molecule has 150 valence electrons. The lowest BCUT2D eigenvalue weighted by Crippen LogP contribution is -2.11. The molecule has 30 heavy (non-hydrogen) atoms. The Morgan fingerprint density at radius 2 is 1.73 bits per heavy atom. The average Bonchev–Trinajstić information content (AvgIpc) is 3.23. The van der Waals surface area contributed by atoms with Crippen LogP contribution in [-0.2, 0) is 4.79 Å². The number of carbonyl (C=O) groups excluding carboxylic acids is 1. The predicted octanol–water partition coefficient (Wildman–Crippen LogP) is 4.04. The van der Waals surface area contributed by atoms with Crippen LogP contribution in [0.5, 0.6) is 11.5 Å². The summed E-state index contributed by atoms with van der Waals surface area (Å²) in [6.07, 6.45) is 3.44. The van der Waals surface area contributed by atoms with Crippen molar-refractivity contribution in [3.05, 3.63) is 79.1 Å². The number of hydrogen-bond acceptors (Lipinski definition) is 7. The minimum atomic E-state index is -0.379. The first-order valence-corrected chi connectivity index (χ1v) is 10.1. The van der Waals surface area contributed by atoms with Crippen LogP contribution >= 0.6 is 11.8 Å². The number of methoxy groups -OCH3 is 1.